The van der Waals surface area contributed by atoms with Crippen molar-refractivity contribution < 1.29 is 9.53 Å². The lowest BCUT2D eigenvalue weighted by Crippen LogP contribution is -2.26. The molecule has 1 N–H and O–H groups in total. The molecule has 1 amide bonds. The zero-order valence-electron chi connectivity index (χ0n) is 17.2. The second-order valence-corrected chi connectivity index (χ2v) is 9.28. The molecule has 29 heavy (non-hydrogen) atoms. The van der Waals surface area contributed by atoms with E-state index >= 15 is 0 Å². The van der Waals surface area contributed by atoms with Crippen LogP contribution in [0.3, 0.4) is 0 Å². The largest absolute Gasteiger partial charge is 0.490 e. The summed E-state index contributed by atoms with van der Waals surface area (Å²) in [5.74, 6) is 2.20. The number of carbonyl (C=O) groups excluding carboxylic acids is 1. The molecule has 4 unspecified atom stereocenters. The van der Waals surface area contributed by atoms with E-state index < -0.39 is 0 Å². The van der Waals surface area contributed by atoms with Gasteiger partial charge in [-0.2, -0.15) is 0 Å². The highest BCUT2D eigenvalue weighted by atomic mass is 79.9. The molecule has 4 atom stereocenters. The van der Waals surface area contributed by atoms with Crippen molar-refractivity contribution in [1.29, 1.82) is 0 Å². The van der Waals surface area contributed by atoms with Crippen molar-refractivity contribution in [2.24, 2.45) is 11.8 Å². The van der Waals surface area contributed by atoms with Crippen LogP contribution >= 0.6 is 15.9 Å². The van der Waals surface area contributed by atoms with Gasteiger partial charge in [0.25, 0.3) is 5.91 Å². The van der Waals surface area contributed by atoms with Gasteiger partial charge in [0.1, 0.15) is 11.9 Å². The van der Waals surface area contributed by atoms with Crippen molar-refractivity contribution in [3.8, 4) is 5.75 Å². The van der Waals surface area contributed by atoms with Crippen LogP contribution in [0.1, 0.15) is 54.6 Å². The summed E-state index contributed by atoms with van der Waals surface area (Å²) in [5.41, 5.74) is 4.51. The van der Waals surface area contributed by atoms with E-state index in [2.05, 4.69) is 78.4 Å². The van der Waals surface area contributed by atoms with Crippen LogP contribution in [-0.4, -0.2) is 18.6 Å². The van der Waals surface area contributed by atoms with Crippen LogP contribution in [-0.2, 0) is 6.42 Å². The molecule has 2 aromatic rings. The molecule has 0 aromatic heterocycles. The predicted octanol–water partition coefficient (Wildman–Crippen LogP) is 5.89. The number of nitrogens with one attached hydrogen (secondary N) is 1. The molecule has 1 aliphatic heterocycles. The Morgan fingerprint density at radius 2 is 2.00 bits per heavy atom. The Hall–Kier alpha value is -2.07. The molecule has 2 aliphatic rings. The number of carbonyl (C=O) groups is 1. The Kier molecular flexibility index (Phi) is 5.82. The van der Waals surface area contributed by atoms with Gasteiger partial charge in [0.15, 0.2) is 0 Å². The smallest absolute Gasteiger partial charge is 0.252 e. The number of fused-ring (bicyclic) bond motifs is 1. The maximum absolute atomic E-state index is 12.9. The van der Waals surface area contributed by atoms with E-state index in [1.807, 2.05) is 12.1 Å². The van der Waals surface area contributed by atoms with Gasteiger partial charge in [0.2, 0.25) is 0 Å². The maximum Gasteiger partial charge on any atom is 0.252 e. The number of rotatable bonds is 6. The molecule has 2 aromatic carbocycles. The first-order valence-electron chi connectivity index (χ1n) is 10.4. The zero-order valence-corrected chi connectivity index (χ0v) is 18.8. The highest BCUT2D eigenvalue weighted by Gasteiger charge is 2.49. The molecule has 4 heteroatoms. The van der Waals surface area contributed by atoms with E-state index in [9.17, 15) is 4.79 Å². The Morgan fingerprint density at radius 1 is 1.24 bits per heavy atom. The van der Waals surface area contributed by atoms with Gasteiger partial charge in [-0.1, -0.05) is 48.9 Å². The quantitative estimate of drug-likeness (QED) is 0.553. The minimum absolute atomic E-state index is 0.0436. The molecule has 0 bridgehead atoms. The number of hydrogen-bond donors (Lipinski definition) is 1. The maximum atomic E-state index is 12.9. The van der Waals surface area contributed by atoms with Crippen molar-refractivity contribution in [3.05, 3.63) is 75.3 Å². The Balaban J connectivity index is 1.45. The molecule has 1 saturated carbocycles. The van der Waals surface area contributed by atoms with Crippen LogP contribution < -0.4 is 10.1 Å². The van der Waals surface area contributed by atoms with Gasteiger partial charge < -0.3 is 10.1 Å². The second-order valence-electron chi connectivity index (χ2n) is 8.42. The van der Waals surface area contributed by atoms with E-state index in [0.29, 0.717) is 29.9 Å². The number of hydrogen-bond acceptors (Lipinski definition) is 2. The van der Waals surface area contributed by atoms with Crippen LogP contribution in [0.15, 0.2) is 58.6 Å². The lowest BCUT2D eigenvalue weighted by atomic mass is 10.1. The van der Waals surface area contributed by atoms with Crippen molar-refractivity contribution in [2.45, 2.75) is 45.6 Å². The highest BCUT2D eigenvalue weighted by Crippen LogP contribution is 2.54. The van der Waals surface area contributed by atoms with Crippen LogP contribution in [0.5, 0.6) is 5.75 Å². The van der Waals surface area contributed by atoms with Gasteiger partial charge >= 0.3 is 0 Å². The first-order valence-corrected chi connectivity index (χ1v) is 11.2. The van der Waals surface area contributed by atoms with Gasteiger partial charge in [-0.25, -0.2) is 0 Å². The Labute approximate surface area is 181 Å². The molecule has 152 valence electrons. The monoisotopic (exact) mass is 453 g/mol. The predicted molar refractivity (Wildman–Crippen MR) is 120 cm³/mol. The second kappa shape index (κ2) is 8.35. The fourth-order valence-corrected chi connectivity index (χ4v) is 5.03. The summed E-state index contributed by atoms with van der Waals surface area (Å²) in [6.45, 7) is 7.08. The summed E-state index contributed by atoms with van der Waals surface area (Å²) >= 11 is 3.58. The molecule has 0 radical (unpaired) electrons. The van der Waals surface area contributed by atoms with E-state index in [-0.39, 0.29) is 12.0 Å². The Bertz CT molecular complexity index is 933. The topological polar surface area (TPSA) is 38.3 Å². The first kappa shape index (κ1) is 20.2. The normalized spacial score (nSPS) is 24.4. The zero-order chi connectivity index (χ0) is 20.5. The van der Waals surface area contributed by atoms with Crippen molar-refractivity contribution in [2.75, 3.05) is 6.54 Å². The molecular formula is C25H28BrNO2. The average Bonchev–Trinajstić information content (AvgIpc) is 3.21. The van der Waals surface area contributed by atoms with Crippen molar-refractivity contribution in [3.63, 3.8) is 0 Å². The SMILES string of the molecule is CCC1Cc2cc(Br)c(C(=O)NCC3C(C=C(C)C)C3c3ccccc3)cc2O1. The molecule has 3 nitrogen and oxygen atoms in total. The average molecular weight is 454 g/mol. The first-order chi connectivity index (χ1) is 14.0. The Morgan fingerprint density at radius 3 is 2.69 bits per heavy atom. The summed E-state index contributed by atoms with van der Waals surface area (Å²) in [6.07, 6.45) is 4.45. The van der Waals surface area contributed by atoms with Crippen molar-refractivity contribution in [1.82, 2.24) is 5.32 Å². The van der Waals surface area contributed by atoms with E-state index in [4.69, 9.17) is 4.74 Å². The summed E-state index contributed by atoms with van der Waals surface area (Å²) < 4.78 is 6.81. The third kappa shape index (κ3) is 4.28. The fourth-order valence-electron chi connectivity index (χ4n) is 4.46. The lowest BCUT2D eigenvalue weighted by molar-refractivity contribution is 0.0950. The third-order valence-electron chi connectivity index (χ3n) is 6.03. The van der Waals surface area contributed by atoms with E-state index in [0.717, 1.165) is 23.1 Å². The summed E-state index contributed by atoms with van der Waals surface area (Å²) in [7, 11) is 0. The van der Waals surface area contributed by atoms with Crippen LogP contribution in [0, 0.1) is 11.8 Å². The van der Waals surface area contributed by atoms with Gasteiger partial charge in [0, 0.05) is 17.4 Å². The van der Waals surface area contributed by atoms with Gasteiger partial charge in [-0.05, 0) is 77.2 Å². The van der Waals surface area contributed by atoms with Gasteiger partial charge in [-0.3, -0.25) is 4.79 Å². The molecule has 0 spiro atoms. The number of benzene rings is 2. The van der Waals surface area contributed by atoms with Gasteiger partial charge in [-0.15, -0.1) is 0 Å². The number of halogens is 1. The molecule has 1 heterocycles. The van der Waals surface area contributed by atoms with E-state index in [1.54, 1.807) is 0 Å². The third-order valence-corrected chi connectivity index (χ3v) is 6.69. The molecule has 1 fully saturated rings. The number of allylic oxidation sites excluding steroid dienone is 2. The van der Waals surface area contributed by atoms with E-state index in [1.165, 1.54) is 16.7 Å². The minimum atomic E-state index is -0.0436. The molecule has 1 aliphatic carbocycles. The molecular weight excluding hydrogens is 426 g/mol. The van der Waals surface area contributed by atoms with Gasteiger partial charge in [0.05, 0.1) is 5.56 Å². The number of ether oxygens (including phenoxy) is 1. The minimum Gasteiger partial charge on any atom is -0.490 e. The molecule has 4 rings (SSSR count). The van der Waals surface area contributed by atoms with Crippen LogP contribution in [0.4, 0.5) is 0 Å². The summed E-state index contributed by atoms with van der Waals surface area (Å²) in [5, 5.41) is 3.17. The van der Waals surface area contributed by atoms with Crippen molar-refractivity contribution >= 4 is 21.8 Å². The number of amides is 1. The van der Waals surface area contributed by atoms with Crippen LogP contribution in [0.2, 0.25) is 0 Å². The highest BCUT2D eigenvalue weighted by molar-refractivity contribution is 9.10. The van der Waals surface area contributed by atoms with Crippen LogP contribution in [0.25, 0.3) is 0 Å². The summed E-state index contributed by atoms with van der Waals surface area (Å²) in [4.78, 5) is 12.9. The lowest BCUT2D eigenvalue weighted by Gasteiger charge is -2.10. The standard InChI is InChI=1S/C25H28BrNO2/c1-4-18-11-17-12-22(26)20(13-23(17)29-18)25(28)27-14-21-19(10-15(2)3)24(21)16-8-6-5-7-9-16/h5-10,12-13,18-19,21,24H,4,11,14H2,1-3H3,(H,27,28). The fraction of sp³-hybridized carbons (Fsp3) is 0.400. The molecule has 0 saturated heterocycles. The summed E-state index contributed by atoms with van der Waals surface area (Å²) in [6, 6.07) is 14.5.